The van der Waals surface area contributed by atoms with Crippen molar-refractivity contribution in [1.82, 2.24) is 14.7 Å². The molecule has 5 heteroatoms. The lowest BCUT2D eigenvalue weighted by Crippen LogP contribution is -2.53. The average molecular weight is 331 g/mol. The summed E-state index contributed by atoms with van der Waals surface area (Å²) in [7, 11) is 2.17. The van der Waals surface area contributed by atoms with E-state index in [1.54, 1.807) is 4.90 Å². The van der Waals surface area contributed by atoms with Crippen LogP contribution in [0.25, 0.3) is 0 Å². The van der Waals surface area contributed by atoms with Crippen LogP contribution in [-0.2, 0) is 6.54 Å². The molecule has 1 aliphatic carbocycles. The number of amides is 1. The maximum atomic E-state index is 11.8. The van der Waals surface area contributed by atoms with Gasteiger partial charge in [-0.05, 0) is 38.3 Å². The lowest BCUT2D eigenvalue weighted by Gasteiger charge is -2.43. The van der Waals surface area contributed by atoms with E-state index in [9.17, 15) is 9.90 Å². The smallest absolute Gasteiger partial charge is 0.407 e. The monoisotopic (exact) mass is 331 g/mol. The number of hydrogen-bond acceptors (Lipinski definition) is 3. The summed E-state index contributed by atoms with van der Waals surface area (Å²) in [5, 5.41) is 9.72. The van der Waals surface area contributed by atoms with Crippen molar-refractivity contribution in [3.05, 3.63) is 35.9 Å². The molecule has 3 rings (SSSR count). The van der Waals surface area contributed by atoms with Gasteiger partial charge in [-0.15, -0.1) is 0 Å². The van der Waals surface area contributed by atoms with Gasteiger partial charge in [-0.2, -0.15) is 0 Å². The molecule has 0 radical (unpaired) electrons. The van der Waals surface area contributed by atoms with Gasteiger partial charge in [0, 0.05) is 44.8 Å². The molecule has 132 valence electrons. The highest BCUT2D eigenvalue weighted by atomic mass is 16.4. The molecule has 2 atom stereocenters. The van der Waals surface area contributed by atoms with E-state index in [4.69, 9.17) is 0 Å². The molecule has 5 nitrogen and oxygen atoms in total. The number of benzene rings is 1. The summed E-state index contributed by atoms with van der Waals surface area (Å²) in [5.74, 6) is 0. The fourth-order valence-corrected chi connectivity index (χ4v) is 4.07. The van der Waals surface area contributed by atoms with E-state index in [0.29, 0.717) is 12.6 Å². The highest BCUT2D eigenvalue weighted by Gasteiger charge is 2.33. The molecule has 2 aliphatic rings. The molecule has 1 heterocycles. The summed E-state index contributed by atoms with van der Waals surface area (Å²) in [6.07, 6.45) is 3.51. The predicted molar refractivity (Wildman–Crippen MR) is 95.1 cm³/mol. The minimum Gasteiger partial charge on any atom is -0.465 e. The molecule has 1 aromatic carbocycles. The molecule has 1 N–H and O–H groups in total. The van der Waals surface area contributed by atoms with Crippen LogP contribution in [0.15, 0.2) is 30.3 Å². The highest BCUT2D eigenvalue weighted by molar-refractivity contribution is 5.65. The van der Waals surface area contributed by atoms with Crippen molar-refractivity contribution >= 4 is 6.09 Å². The van der Waals surface area contributed by atoms with E-state index < -0.39 is 6.09 Å². The minimum atomic E-state index is -0.789. The summed E-state index contributed by atoms with van der Waals surface area (Å²) >= 11 is 0. The van der Waals surface area contributed by atoms with Gasteiger partial charge >= 0.3 is 6.09 Å². The average Bonchev–Trinajstić information content (AvgIpc) is 2.61. The van der Waals surface area contributed by atoms with Crippen LogP contribution in [0, 0.1) is 0 Å². The van der Waals surface area contributed by atoms with Gasteiger partial charge < -0.3 is 14.9 Å². The van der Waals surface area contributed by atoms with Crippen molar-refractivity contribution in [2.24, 2.45) is 0 Å². The van der Waals surface area contributed by atoms with Crippen LogP contribution in [-0.4, -0.2) is 71.2 Å². The van der Waals surface area contributed by atoms with Gasteiger partial charge in [-0.3, -0.25) is 4.90 Å². The van der Waals surface area contributed by atoms with Crippen LogP contribution in [0.2, 0.25) is 0 Å². The Morgan fingerprint density at radius 1 is 1.17 bits per heavy atom. The van der Waals surface area contributed by atoms with Gasteiger partial charge in [-0.25, -0.2) is 4.79 Å². The third-order valence-corrected chi connectivity index (χ3v) is 5.56. The Morgan fingerprint density at radius 2 is 1.88 bits per heavy atom. The van der Waals surface area contributed by atoms with Gasteiger partial charge in [0.2, 0.25) is 0 Å². The van der Waals surface area contributed by atoms with Crippen molar-refractivity contribution in [3.8, 4) is 0 Å². The van der Waals surface area contributed by atoms with E-state index in [1.165, 1.54) is 6.42 Å². The number of piperazine rings is 1. The lowest BCUT2D eigenvalue weighted by atomic mass is 9.88. The van der Waals surface area contributed by atoms with Gasteiger partial charge in [-0.1, -0.05) is 30.3 Å². The summed E-state index contributed by atoms with van der Waals surface area (Å²) in [6, 6.07) is 10.6. The summed E-state index contributed by atoms with van der Waals surface area (Å²) in [5.41, 5.74) is 1.07. The molecule has 0 aromatic heterocycles. The molecule has 1 aromatic rings. The quantitative estimate of drug-likeness (QED) is 0.921. The zero-order valence-corrected chi connectivity index (χ0v) is 14.6. The van der Waals surface area contributed by atoms with E-state index >= 15 is 0 Å². The number of likely N-dealkylation sites (N-methyl/N-ethyl adjacent to an activating group) is 1. The van der Waals surface area contributed by atoms with Gasteiger partial charge in [0.25, 0.3) is 0 Å². The topological polar surface area (TPSA) is 47.0 Å². The minimum absolute atomic E-state index is 0.140. The summed E-state index contributed by atoms with van der Waals surface area (Å²) in [6.45, 7) is 4.96. The molecule has 1 aliphatic heterocycles. The van der Waals surface area contributed by atoms with Gasteiger partial charge in [0.05, 0.1) is 0 Å². The zero-order valence-electron chi connectivity index (χ0n) is 14.6. The molecular formula is C19H29N3O2. The van der Waals surface area contributed by atoms with Crippen molar-refractivity contribution in [2.75, 3.05) is 33.2 Å². The van der Waals surface area contributed by atoms with Crippen molar-refractivity contribution in [1.29, 1.82) is 0 Å². The molecule has 1 amide bonds. The highest BCUT2D eigenvalue weighted by Crippen LogP contribution is 2.28. The largest absolute Gasteiger partial charge is 0.465 e. The van der Waals surface area contributed by atoms with E-state index in [2.05, 4.69) is 16.8 Å². The van der Waals surface area contributed by atoms with Crippen LogP contribution < -0.4 is 0 Å². The number of nitrogens with zero attached hydrogens (tertiary/aromatic N) is 3. The van der Waals surface area contributed by atoms with Crippen LogP contribution in [0.1, 0.15) is 31.2 Å². The molecule has 2 fully saturated rings. The number of carboxylic acid groups (broad SMARTS) is 1. The Kier molecular flexibility index (Phi) is 5.74. The maximum Gasteiger partial charge on any atom is 0.407 e. The molecule has 0 bridgehead atoms. The maximum absolute atomic E-state index is 11.8. The fourth-order valence-electron chi connectivity index (χ4n) is 4.07. The van der Waals surface area contributed by atoms with Crippen molar-refractivity contribution < 1.29 is 9.90 Å². The third-order valence-electron chi connectivity index (χ3n) is 5.56. The van der Waals surface area contributed by atoms with Crippen LogP contribution >= 0.6 is 0 Å². The number of hydrogen-bond donors (Lipinski definition) is 1. The second kappa shape index (κ2) is 7.99. The second-order valence-electron chi connectivity index (χ2n) is 7.21. The van der Waals surface area contributed by atoms with Crippen molar-refractivity contribution in [2.45, 2.75) is 44.3 Å². The van der Waals surface area contributed by atoms with Gasteiger partial charge in [0.1, 0.15) is 0 Å². The Hall–Kier alpha value is -1.59. The summed E-state index contributed by atoms with van der Waals surface area (Å²) in [4.78, 5) is 18.4. The molecule has 0 unspecified atom stereocenters. The fraction of sp³-hybridized carbons (Fsp3) is 0.632. The number of carbonyl (C=O) groups is 1. The standard InChI is InChI=1S/C19H29N3O2/c1-20-10-12-21(13-11-20)17-8-5-9-18(14-17)22(19(23)24)15-16-6-3-2-4-7-16/h2-4,6-7,17-18H,5,8-15H2,1H3,(H,23,24)/t17-,18+/m0/s1. The van der Waals surface area contributed by atoms with E-state index in [1.807, 2.05) is 30.3 Å². The molecule has 1 saturated carbocycles. The first-order valence-corrected chi connectivity index (χ1v) is 9.09. The molecule has 1 saturated heterocycles. The van der Waals surface area contributed by atoms with Crippen LogP contribution in [0.3, 0.4) is 0 Å². The zero-order chi connectivity index (χ0) is 16.9. The van der Waals surface area contributed by atoms with Gasteiger partial charge in [0.15, 0.2) is 0 Å². The first-order valence-electron chi connectivity index (χ1n) is 9.09. The van der Waals surface area contributed by atoms with Crippen molar-refractivity contribution in [3.63, 3.8) is 0 Å². The summed E-state index contributed by atoms with van der Waals surface area (Å²) < 4.78 is 0. The molecule has 24 heavy (non-hydrogen) atoms. The lowest BCUT2D eigenvalue weighted by molar-refractivity contribution is 0.0517. The first-order chi connectivity index (χ1) is 11.6. The Labute approximate surface area is 144 Å². The van der Waals surface area contributed by atoms with Crippen LogP contribution in [0.4, 0.5) is 4.79 Å². The molecule has 0 spiro atoms. The predicted octanol–water partition coefficient (Wildman–Crippen LogP) is 2.73. The van der Waals surface area contributed by atoms with E-state index in [0.717, 1.165) is 51.0 Å². The first kappa shape index (κ1) is 17.2. The Balaban J connectivity index is 1.63. The third kappa shape index (κ3) is 4.28. The molecular weight excluding hydrogens is 302 g/mol. The normalized spacial score (nSPS) is 26.2. The SMILES string of the molecule is CN1CCN([C@H]2CCC[C@@H](N(Cc3ccccc3)C(=O)O)C2)CC1. The van der Waals surface area contributed by atoms with Crippen LogP contribution in [0.5, 0.6) is 0 Å². The second-order valence-corrected chi connectivity index (χ2v) is 7.21. The Bertz CT molecular complexity index is 529. The number of rotatable bonds is 4. The van der Waals surface area contributed by atoms with E-state index in [-0.39, 0.29) is 6.04 Å². The Morgan fingerprint density at radius 3 is 2.54 bits per heavy atom.